The Morgan fingerprint density at radius 1 is 1.33 bits per heavy atom. The summed E-state index contributed by atoms with van der Waals surface area (Å²) in [7, 11) is -4.02. The van der Waals surface area contributed by atoms with Gasteiger partial charge in [0.05, 0.1) is 4.90 Å². The van der Waals surface area contributed by atoms with Crippen molar-refractivity contribution in [2.75, 3.05) is 0 Å². The summed E-state index contributed by atoms with van der Waals surface area (Å²) < 4.78 is 22.9. The van der Waals surface area contributed by atoms with E-state index < -0.39 is 14.9 Å². The van der Waals surface area contributed by atoms with Crippen molar-refractivity contribution >= 4 is 14.9 Å². The van der Waals surface area contributed by atoms with Crippen LogP contribution in [0.4, 0.5) is 0 Å². The molecular weight excluding hydrogens is 227 g/mol. The zero-order chi connectivity index (χ0) is 10.6. The van der Waals surface area contributed by atoms with Gasteiger partial charge in [-0.05, 0) is 12.1 Å². The maximum atomic E-state index is 11.4. The van der Waals surface area contributed by atoms with Crippen molar-refractivity contribution < 1.29 is 38.0 Å². The first kappa shape index (κ1) is 14.1. The molecule has 0 aliphatic heterocycles. The molecule has 0 N–H and O–H groups in total. The van der Waals surface area contributed by atoms with E-state index in [1.807, 2.05) is 0 Å². The first-order valence-corrected chi connectivity index (χ1v) is 5.02. The average Bonchev–Trinajstić information content (AvgIpc) is 2.20. The number of sulfone groups is 1. The summed E-state index contributed by atoms with van der Waals surface area (Å²) in [5.41, 5.74) is 0. The van der Waals surface area contributed by atoms with E-state index in [1.54, 1.807) is 6.07 Å². The number of nitrogens with zero attached hydrogens (tertiary/aromatic N) is 2. The molecule has 0 amide bonds. The van der Waals surface area contributed by atoms with Crippen LogP contribution in [0.1, 0.15) is 0 Å². The Bertz CT molecular complexity index is 490. The van der Waals surface area contributed by atoms with E-state index in [0.29, 0.717) is 0 Å². The molecule has 7 heteroatoms. The topological polar surface area (TPSA) is 93.3 Å². The van der Waals surface area contributed by atoms with Crippen LogP contribution in [-0.2, 0) is 9.84 Å². The fourth-order valence-corrected chi connectivity index (χ4v) is 1.80. The summed E-state index contributed by atoms with van der Waals surface area (Å²) >= 11 is 0. The SMILES string of the molecule is N#C/C(=N\[O-])S(=O)(=O)c1ccccc1.[Na+]. The van der Waals surface area contributed by atoms with Crippen molar-refractivity contribution in [3.05, 3.63) is 35.5 Å². The number of benzene rings is 1. The Hall–Kier alpha value is -0.870. The summed E-state index contributed by atoms with van der Waals surface area (Å²) in [5.74, 6) is 0. The third-order valence-electron chi connectivity index (χ3n) is 1.49. The van der Waals surface area contributed by atoms with Crippen molar-refractivity contribution in [3.63, 3.8) is 0 Å². The molecule has 1 aromatic carbocycles. The van der Waals surface area contributed by atoms with Gasteiger partial charge in [-0.25, -0.2) is 8.42 Å². The zero-order valence-electron chi connectivity index (χ0n) is 7.91. The Kier molecular flexibility index (Phi) is 5.54. The average molecular weight is 232 g/mol. The fraction of sp³-hybridized carbons (Fsp3) is 0. The quantitative estimate of drug-likeness (QED) is 0.239. The van der Waals surface area contributed by atoms with Crippen LogP contribution in [-0.4, -0.2) is 13.5 Å². The van der Waals surface area contributed by atoms with Gasteiger partial charge in [-0.15, -0.1) is 0 Å². The summed E-state index contributed by atoms with van der Waals surface area (Å²) in [6.07, 6.45) is 0. The molecule has 0 aromatic heterocycles. The molecule has 0 atom stereocenters. The van der Waals surface area contributed by atoms with Crippen molar-refractivity contribution in [2.45, 2.75) is 4.90 Å². The minimum absolute atomic E-state index is 0. The van der Waals surface area contributed by atoms with Gasteiger partial charge >= 0.3 is 29.6 Å². The second kappa shape index (κ2) is 5.88. The van der Waals surface area contributed by atoms with Gasteiger partial charge < -0.3 is 5.21 Å². The third-order valence-corrected chi connectivity index (χ3v) is 3.05. The molecular formula is C8H5N2NaO3S. The number of hydrogen-bond donors (Lipinski definition) is 0. The molecule has 15 heavy (non-hydrogen) atoms. The monoisotopic (exact) mass is 232 g/mol. The molecule has 72 valence electrons. The van der Waals surface area contributed by atoms with E-state index in [0.717, 1.165) is 0 Å². The van der Waals surface area contributed by atoms with Crippen LogP contribution in [0.5, 0.6) is 0 Å². The molecule has 0 fully saturated rings. The van der Waals surface area contributed by atoms with Crippen LogP contribution < -0.4 is 29.6 Å². The molecule has 0 radical (unpaired) electrons. The van der Waals surface area contributed by atoms with E-state index in [4.69, 9.17) is 5.26 Å². The van der Waals surface area contributed by atoms with Crippen molar-refractivity contribution in [2.24, 2.45) is 5.16 Å². The van der Waals surface area contributed by atoms with Gasteiger partial charge in [0.15, 0.2) is 0 Å². The van der Waals surface area contributed by atoms with E-state index >= 15 is 0 Å². The van der Waals surface area contributed by atoms with E-state index in [2.05, 4.69) is 5.16 Å². The minimum atomic E-state index is -4.02. The van der Waals surface area contributed by atoms with Crippen molar-refractivity contribution in [1.82, 2.24) is 0 Å². The van der Waals surface area contributed by atoms with Crippen LogP contribution in [0, 0.1) is 16.5 Å². The molecule has 0 heterocycles. The maximum absolute atomic E-state index is 11.4. The van der Waals surface area contributed by atoms with Crippen molar-refractivity contribution in [3.8, 4) is 6.07 Å². The van der Waals surface area contributed by atoms with Crippen LogP contribution in [0.15, 0.2) is 40.4 Å². The molecule has 1 aromatic rings. The Morgan fingerprint density at radius 3 is 2.27 bits per heavy atom. The molecule has 1 rings (SSSR count). The second-order valence-corrected chi connectivity index (χ2v) is 4.19. The van der Waals surface area contributed by atoms with Crippen molar-refractivity contribution in [1.29, 1.82) is 5.26 Å². The van der Waals surface area contributed by atoms with Crippen LogP contribution in [0.25, 0.3) is 0 Å². The first-order valence-electron chi connectivity index (χ1n) is 3.53. The predicted octanol–water partition coefficient (Wildman–Crippen LogP) is -2.12. The molecule has 0 saturated heterocycles. The summed E-state index contributed by atoms with van der Waals surface area (Å²) in [4.78, 5) is -0.115. The molecule has 0 saturated carbocycles. The number of hydrogen-bond acceptors (Lipinski definition) is 5. The maximum Gasteiger partial charge on any atom is 1.00 e. The third kappa shape index (κ3) is 3.04. The van der Waals surface area contributed by atoms with Crippen LogP contribution >= 0.6 is 0 Å². The molecule has 0 aliphatic rings. The minimum Gasteiger partial charge on any atom is -0.790 e. The predicted molar refractivity (Wildman–Crippen MR) is 50.0 cm³/mol. The van der Waals surface area contributed by atoms with Gasteiger partial charge in [-0.2, -0.15) is 5.26 Å². The van der Waals surface area contributed by atoms with Gasteiger partial charge in [0, 0.05) is 0 Å². The van der Waals surface area contributed by atoms with Gasteiger partial charge in [-0.1, -0.05) is 18.2 Å². The molecule has 0 bridgehead atoms. The van der Waals surface area contributed by atoms with Gasteiger partial charge in [0.25, 0.3) is 0 Å². The van der Waals surface area contributed by atoms with E-state index in [-0.39, 0.29) is 34.5 Å². The normalized spacial score (nSPS) is 11.3. The summed E-state index contributed by atoms with van der Waals surface area (Å²) in [5, 5.41) is 19.6. The number of nitriles is 1. The van der Waals surface area contributed by atoms with Gasteiger partial charge in [-0.3, -0.25) is 5.16 Å². The first-order chi connectivity index (χ1) is 6.62. The molecule has 5 nitrogen and oxygen atoms in total. The van der Waals surface area contributed by atoms with Gasteiger partial charge in [0.2, 0.25) is 14.9 Å². The largest absolute Gasteiger partial charge is 1.00 e. The molecule has 0 unspecified atom stereocenters. The summed E-state index contributed by atoms with van der Waals surface area (Å²) in [6.45, 7) is 0. The molecule has 0 spiro atoms. The van der Waals surface area contributed by atoms with Crippen LogP contribution in [0.2, 0.25) is 0 Å². The standard InChI is InChI=1S/C8H6N2O3S.Na/c9-6-8(10-11)14(12,13)7-4-2-1-3-5-7;/h1-5,11H;/q;+1/p-1/b10-8+;. The number of rotatable bonds is 1. The van der Waals surface area contributed by atoms with Gasteiger partial charge in [0.1, 0.15) is 6.07 Å². The smallest absolute Gasteiger partial charge is 0.790 e. The second-order valence-electron chi connectivity index (χ2n) is 2.32. The Labute approximate surface area is 109 Å². The zero-order valence-corrected chi connectivity index (χ0v) is 10.7. The Balaban J connectivity index is 0.00000196. The summed E-state index contributed by atoms with van der Waals surface area (Å²) in [6, 6.07) is 8.43. The van der Waals surface area contributed by atoms with Crippen LogP contribution in [0.3, 0.4) is 0 Å². The van der Waals surface area contributed by atoms with E-state index in [1.165, 1.54) is 30.3 Å². The molecule has 0 aliphatic carbocycles. The fourth-order valence-electron chi connectivity index (χ4n) is 0.841. The van der Waals surface area contributed by atoms with E-state index in [9.17, 15) is 13.6 Å². The Morgan fingerprint density at radius 2 is 1.87 bits per heavy atom.